The molecule has 0 aliphatic carbocycles. The second-order valence-corrected chi connectivity index (χ2v) is 4.70. The number of esters is 1. The van der Waals surface area contributed by atoms with Gasteiger partial charge in [-0.05, 0) is 32.9 Å². The average molecular weight is 281 g/mol. The van der Waals surface area contributed by atoms with Crippen molar-refractivity contribution in [1.29, 1.82) is 0 Å². The summed E-state index contributed by atoms with van der Waals surface area (Å²) in [7, 11) is 0. The summed E-state index contributed by atoms with van der Waals surface area (Å²) in [4.78, 5) is 17.9. The summed E-state index contributed by atoms with van der Waals surface area (Å²) in [6.07, 6.45) is 1.63. The van der Waals surface area contributed by atoms with E-state index in [2.05, 4.69) is 4.98 Å². The molecule has 1 rings (SSSR count). The van der Waals surface area contributed by atoms with Gasteiger partial charge in [-0.15, -0.1) is 0 Å². The molecule has 0 aliphatic rings. The SMILES string of the molecule is CCOC(=O)CN(c1cccnc1C(N)=S)C(C)C. The maximum absolute atomic E-state index is 11.7. The zero-order chi connectivity index (χ0) is 14.4. The Labute approximate surface area is 118 Å². The standard InChI is InChI=1S/C13H19N3O2S/c1-4-18-11(17)8-16(9(2)3)10-6-5-7-15-12(10)13(14)19/h5-7,9H,4,8H2,1-3H3,(H2,14,19). The number of pyridine rings is 1. The fourth-order valence-corrected chi connectivity index (χ4v) is 1.87. The van der Waals surface area contributed by atoms with Crippen LogP contribution in [0.4, 0.5) is 5.69 Å². The molecule has 2 N–H and O–H groups in total. The first-order valence-corrected chi connectivity index (χ1v) is 6.55. The lowest BCUT2D eigenvalue weighted by molar-refractivity contribution is -0.141. The lowest BCUT2D eigenvalue weighted by Crippen LogP contribution is -2.38. The lowest BCUT2D eigenvalue weighted by atomic mass is 10.2. The van der Waals surface area contributed by atoms with Gasteiger partial charge in [0.2, 0.25) is 0 Å². The van der Waals surface area contributed by atoms with Gasteiger partial charge < -0.3 is 15.4 Å². The molecule has 1 aromatic heterocycles. The van der Waals surface area contributed by atoms with Gasteiger partial charge >= 0.3 is 5.97 Å². The summed E-state index contributed by atoms with van der Waals surface area (Å²) >= 11 is 4.99. The van der Waals surface area contributed by atoms with Crippen LogP contribution in [0.2, 0.25) is 0 Å². The Bertz CT molecular complexity index is 463. The molecule has 0 unspecified atom stereocenters. The van der Waals surface area contributed by atoms with Crippen molar-refractivity contribution >= 4 is 28.9 Å². The van der Waals surface area contributed by atoms with Crippen LogP contribution in [0.5, 0.6) is 0 Å². The number of carbonyl (C=O) groups excluding carboxylic acids is 1. The number of rotatable bonds is 6. The largest absolute Gasteiger partial charge is 0.465 e. The van der Waals surface area contributed by atoms with E-state index in [1.165, 1.54) is 0 Å². The van der Waals surface area contributed by atoms with Crippen molar-refractivity contribution in [2.24, 2.45) is 5.73 Å². The molecule has 0 saturated carbocycles. The van der Waals surface area contributed by atoms with Gasteiger partial charge in [0.25, 0.3) is 0 Å². The predicted molar refractivity (Wildman–Crippen MR) is 79.2 cm³/mol. The Hall–Kier alpha value is -1.69. The van der Waals surface area contributed by atoms with Crippen molar-refractivity contribution in [3.63, 3.8) is 0 Å². The van der Waals surface area contributed by atoms with Crippen molar-refractivity contribution in [2.45, 2.75) is 26.8 Å². The summed E-state index contributed by atoms with van der Waals surface area (Å²) < 4.78 is 4.98. The summed E-state index contributed by atoms with van der Waals surface area (Å²) in [5.41, 5.74) is 6.94. The van der Waals surface area contributed by atoms with Gasteiger partial charge in [0.15, 0.2) is 0 Å². The topological polar surface area (TPSA) is 68.5 Å². The normalized spacial score (nSPS) is 10.3. The predicted octanol–water partition coefficient (Wildman–Crippen LogP) is 1.49. The lowest BCUT2D eigenvalue weighted by Gasteiger charge is -2.29. The maximum Gasteiger partial charge on any atom is 0.325 e. The van der Waals surface area contributed by atoms with Crippen molar-refractivity contribution in [3.05, 3.63) is 24.0 Å². The van der Waals surface area contributed by atoms with Crippen molar-refractivity contribution in [2.75, 3.05) is 18.1 Å². The Kier molecular flexibility index (Phi) is 5.69. The number of ether oxygens (including phenoxy) is 1. The molecule has 19 heavy (non-hydrogen) atoms. The third kappa shape index (κ3) is 4.17. The quantitative estimate of drug-likeness (QED) is 0.629. The van der Waals surface area contributed by atoms with Gasteiger partial charge in [-0.2, -0.15) is 0 Å². The van der Waals surface area contributed by atoms with Crippen molar-refractivity contribution in [3.8, 4) is 0 Å². The molecule has 0 saturated heterocycles. The fraction of sp³-hybridized carbons (Fsp3) is 0.462. The average Bonchev–Trinajstić information content (AvgIpc) is 2.36. The van der Waals surface area contributed by atoms with Crippen LogP contribution in [0, 0.1) is 0 Å². The van der Waals surface area contributed by atoms with E-state index in [1.54, 1.807) is 19.2 Å². The Morgan fingerprint density at radius 2 is 2.26 bits per heavy atom. The van der Waals surface area contributed by atoms with Crippen LogP contribution in [0.25, 0.3) is 0 Å². The van der Waals surface area contributed by atoms with Crippen LogP contribution in [0.3, 0.4) is 0 Å². The number of carbonyl (C=O) groups is 1. The van der Waals surface area contributed by atoms with Crippen molar-refractivity contribution < 1.29 is 9.53 Å². The van der Waals surface area contributed by atoms with E-state index >= 15 is 0 Å². The molecule has 0 radical (unpaired) electrons. The molecule has 0 bridgehead atoms. The van der Waals surface area contributed by atoms with Crippen molar-refractivity contribution in [1.82, 2.24) is 4.98 Å². The van der Waals surface area contributed by atoms with Gasteiger partial charge in [0.05, 0.1) is 12.3 Å². The third-order valence-corrected chi connectivity index (χ3v) is 2.75. The number of nitrogens with zero attached hydrogens (tertiary/aromatic N) is 2. The van der Waals surface area contributed by atoms with E-state index in [0.717, 1.165) is 5.69 Å². The molecule has 104 valence electrons. The molecule has 0 amide bonds. The Morgan fingerprint density at radius 1 is 1.58 bits per heavy atom. The van der Waals surface area contributed by atoms with E-state index in [1.807, 2.05) is 24.8 Å². The highest BCUT2D eigenvalue weighted by atomic mass is 32.1. The first-order chi connectivity index (χ1) is 8.97. The highest BCUT2D eigenvalue weighted by Crippen LogP contribution is 2.20. The molecule has 1 heterocycles. The number of hydrogen-bond donors (Lipinski definition) is 1. The van der Waals surface area contributed by atoms with Crippen LogP contribution < -0.4 is 10.6 Å². The molecule has 0 aliphatic heterocycles. The zero-order valence-corrected chi connectivity index (χ0v) is 12.2. The molecular formula is C13H19N3O2S. The van der Waals surface area contributed by atoms with E-state index in [0.29, 0.717) is 12.3 Å². The van der Waals surface area contributed by atoms with Crippen LogP contribution >= 0.6 is 12.2 Å². The summed E-state index contributed by atoms with van der Waals surface area (Å²) in [5.74, 6) is -0.283. The molecule has 6 heteroatoms. The number of aromatic nitrogens is 1. The Morgan fingerprint density at radius 3 is 2.79 bits per heavy atom. The number of nitrogens with two attached hydrogens (primary N) is 1. The van der Waals surface area contributed by atoms with Crippen LogP contribution in [-0.4, -0.2) is 35.1 Å². The van der Waals surface area contributed by atoms with Crippen LogP contribution in [0.1, 0.15) is 26.5 Å². The molecular weight excluding hydrogens is 262 g/mol. The van der Waals surface area contributed by atoms with Gasteiger partial charge in [-0.25, -0.2) is 0 Å². The molecule has 5 nitrogen and oxygen atoms in total. The fourth-order valence-electron chi connectivity index (χ4n) is 1.71. The molecule has 0 spiro atoms. The highest BCUT2D eigenvalue weighted by molar-refractivity contribution is 7.80. The van der Waals surface area contributed by atoms with Crippen LogP contribution in [-0.2, 0) is 9.53 Å². The van der Waals surface area contributed by atoms with E-state index in [-0.39, 0.29) is 23.5 Å². The smallest absolute Gasteiger partial charge is 0.325 e. The Balaban J connectivity index is 3.06. The molecule has 0 aromatic carbocycles. The number of hydrogen-bond acceptors (Lipinski definition) is 5. The van der Waals surface area contributed by atoms with Gasteiger partial charge in [0.1, 0.15) is 17.2 Å². The molecule has 1 aromatic rings. The number of anilines is 1. The third-order valence-electron chi connectivity index (χ3n) is 2.56. The minimum Gasteiger partial charge on any atom is -0.465 e. The zero-order valence-electron chi connectivity index (χ0n) is 11.4. The van der Waals surface area contributed by atoms with E-state index in [4.69, 9.17) is 22.7 Å². The van der Waals surface area contributed by atoms with E-state index in [9.17, 15) is 4.79 Å². The number of thiocarbonyl (C=S) groups is 1. The monoisotopic (exact) mass is 281 g/mol. The second kappa shape index (κ2) is 7.04. The first kappa shape index (κ1) is 15.4. The minimum atomic E-state index is -0.283. The van der Waals surface area contributed by atoms with Gasteiger partial charge in [0, 0.05) is 12.2 Å². The first-order valence-electron chi connectivity index (χ1n) is 6.14. The van der Waals surface area contributed by atoms with Gasteiger partial charge in [-0.1, -0.05) is 12.2 Å². The molecule has 0 fully saturated rings. The summed E-state index contributed by atoms with van der Waals surface area (Å²) in [6.45, 7) is 6.25. The summed E-state index contributed by atoms with van der Waals surface area (Å²) in [6, 6.07) is 3.74. The van der Waals surface area contributed by atoms with Gasteiger partial charge in [-0.3, -0.25) is 9.78 Å². The molecule has 0 atom stereocenters. The highest BCUT2D eigenvalue weighted by Gasteiger charge is 2.19. The minimum absolute atomic E-state index is 0.0988. The second-order valence-electron chi connectivity index (χ2n) is 4.26. The maximum atomic E-state index is 11.7. The summed E-state index contributed by atoms with van der Waals surface area (Å²) in [5, 5.41) is 0. The van der Waals surface area contributed by atoms with E-state index < -0.39 is 0 Å². The van der Waals surface area contributed by atoms with Crippen LogP contribution in [0.15, 0.2) is 18.3 Å².